The van der Waals surface area contributed by atoms with E-state index in [0.29, 0.717) is 5.02 Å². The number of benzene rings is 3. The van der Waals surface area contributed by atoms with E-state index in [1.165, 1.54) is 36.4 Å². The zero-order chi connectivity index (χ0) is 22.2. The van der Waals surface area contributed by atoms with E-state index in [0.717, 1.165) is 16.4 Å². The van der Waals surface area contributed by atoms with Crippen LogP contribution in [0.15, 0.2) is 71.6 Å². The van der Waals surface area contributed by atoms with Crippen molar-refractivity contribution in [3.05, 3.63) is 83.4 Å². The minimum atomic E-state index is -4.04. The van der Waals surface area contributed by atoms with Gasteiger partial charge in [0.25, 0.3) is 15.9 Å². The molecule has 0 saturated heterocycles. The van der Waals surface area contributed by atoms with Crippen molar-refractivity contribution in [2.45, 2.75) is 11.0 Å². The van der Waals surface area contributed by atoms with E-state index >= 15 is 0 Å². The van der Waals surface area contributed by atoms with Crippen molar-refractivity contribution in [1.82, 2.24) is 0 Å². The van der Waals surface area contributed by atoms with Gasteiger partial charge in [-0.05, 0) is 42.5 Å². The molecule has 0 radical (unpaired) electrons. The molecule has 3 aromatic rings. The fraction of sp³-hybridized carbons (Fsp3) is 0.0952. The van der Waals surface area contributed by atoms with E-state index in [4.69, 9.17) is 16.3 Å². The third kappa shape index (κ3) is 4.19. The molecule has 10 heteroatoms. The van der Waals surface area contributed by atoms with Crippen molar-refractivity contribution in [2.75, 3.05) is 16.2 Å². The summed E-state index contributed by atoms with van der Waals surface area (Å²) in [5.74, 6) is -2.77. The third-order valence-corrected chi connectivity index (χ3v) is 6.63. The van der Waals surface area contributed by atoms with Crippen LogP contribution in [0.2, 0.25) is 5.02 Å². The van der Waals surface area contributed by atoms with E-state index < -0.39 is 33.7 Å². The smallest absolute Gasteiger partial charge is 0.267 e. The summed E-state index contributed by atoms with van der Waals surface area (Å²) in [6, 6.07) is 15.0. The molecule has 0 bridgehead atoms. The van der Waals surface area contributed by atoms with Crippen molar-refractivity contribution in [3.8, 4) is 5.75 Å². The first-order valence-electron chi connectivity index (χ1n) is 9.05. The normalized spacial score (nSPS) is 15.7. The van der Waals surface area contributed by atoms with Crippen LogP contribution in [0.4, 0.5) is 20.2 Å². The maximum Gasteiger partial charge on any atom is 0.267 e. The van der Waals surface area contributed by atoms with Crippen LogP contribution in [0.1, 0.15) is 0 Å². The van der Waals surface area contributed by atoms with Crippen LogP contribution in [-0.4, -0.2) is 27.0 Å². The zero-order valence-electron chi connectivity index (χ0n) is 15.8. The number of nitrogens with zero attached hydrogens (tertiary/aromatic N) is 1. The number of amides is 1. The molecular formula is C21H15ClF2N2O4S. The van der Waals surface area contributed by atoms with Gasteiger partial charge >= 0.3 is 0 Å². The quantitative estimate of drug-likeness (QED) is 0.627. The largest absolute Gasteiger partial charge is 0.476 e. The van der Waals surface area contributed by atoms with Crippen molar-refractivity contribution in [3.63, 3.8) is 0 Å². The van der Waals surface area contributed by atoms with E-state index in [1.807, 2.05) is 0 Å². The molecule has 0 spiro atoms. The van der Waals surface area contributed by atoms with Crippen molar-refractivity contribution >= 4 is 38.9 Å². The second-order valence-corrected chi connectivity index (χ2v) is 8.98. The number of sulfonamides is 1. The number of hydrogen-bond acceptors (Lipinski definition) is 4. The van der Waals surface area contributed by atoms with Gasteiger partial charge in [0.2, 0.25) is 0 Å². The SMILES string of the molecule is O=C(Nc1ccc(F)c(F)c1)[C@@H]1CN(S(=O)(=O)c2ccccc2)c2cc(Cl)ccc2O1. The topological polar surface area (TPSA) is 75.7 Å². The Morgan fingerprint density at radius 3 is 2.48 bits per heavy atom. The van der Waals surface area contributed by atoms with Gasteiger partial charge in [-0.1, -0.05) is 29.8 Å². The molecule has 0 fully saturated rings. The summed E-state index contributed by atoms with van der Waals surface area (Å²) >= 11 is 6.05. The lowest BCUT2D eigenvalue weighted by atomic mass is 10.2. The van der Waals surface area contributed by atoms with Crippen molar-refractivity contribution in [2.24, 2.45) is 0 Å². The third-order valence-electron chi connectivity index (χ3n) is 4.60. The summed E-state index contributed by atoms with van der Waals surface area (Å²) in [5, 5.41) is 2.71. The Balaban J connectivity index is 1.68. The van der Waals surface area contributed by atoms with Crippen LogP contribution in [-0.2, 0) is 14.8 Å². The van der Waals surface area contributed by atoms with Crippen LogP contribution in [0, 0.1) is 11.6 Å². The first kappa shape index (κ1) is 21.1. The van der Waals surface area contributed by atoms with E-state index in [1.54, 1.807) is 18.2 Å². The van der Waals surface area contributed by atoms with Gasteiger partial charge < -0.3 is 10.1 Å². The minimum absolute atomic E-state index is 0.00636. The Morgan fingerprint density at radius 1 is 1.03 bits per heavy atom. The average Bonchev–Trinajstić information content (AvgIpc) is 2.76. The summed E-state index contributed by atoms with van der Waals surface area (Å²) in [5.41, 5.74) is 0.195. The number of anilines is 2. The maximum atomic E-state index is 13.5. The molecule has 4 rings (SSSR count). The number of carbonyl (C=O) groups excluding carboxylic acids is 1. The fourth-order valence-electron chi connectivity index (χ4n) is 3.10. The fourth-order valence-corrected chi connectivity index (χ4v) is 4.76. The molecule has 160 valence electrons. The van der Waals surface area contributed by atoms with Gasteiger partial charge in [-0.25, -0.2) is 17.2 Å². The van der Waals surface area contributed by atoms with Crippen molar-refractivity contribution in [1.29, 1.82) is 0 Å². The number of ether oxygens (including phenoxy) is 1. The predicted octanol–water partition coefficient (Wildman–Crippen LogP) is 4.21. The first-order valence-corrected chi connectivity index (χ1v) is 10.9. The van der Waals surface area contributed by atoms with E-state index in [-0.39, 0.29) is 28.6 Å². The second-order valence-electron chi connectivity index (χ2n) is 6.69. The molecule has 1 aliphatic heterocycles. The van der Waals surface area contributed by atoms with Crippen LogP contribution < -0.4 is 14.4 Å². The standard InChI is InChI=1S/C21H15ClF2N2O4S/c22-13-6-9-19-18(10-13)26(31(28,29)15-4-2-1-3-5-15)12-20(30-19)21(27)25-14-7-8-16(23)17(24)11-14/h1-11,20H,12H2,(H,25,27)/t20-/m0/s1. The van der Waals surface area contributed by atoms with Gasteiger partial charge in [0.05, 0.1) is 17.1 Å². The molecule has 1 amide bonds. The highest BCUT2D eigenvalue weighted by Gasteiger charge is 2.37. The Kier molecular flexibility index (Phi) is 5.55. The summed E-state index contributed by atoms with van der Waals surface area (Å²) in [6.45, 7) is -0.347. The van der Waals surface area contributed by atoms with Crippen molar-refractivity contribution < 1.29 is 26.7 Å². The molecule has 1 heterocycles. The molecule has 1 aliphatic rings. The molecule has 1 atom stereocenters. The zero-order valence-corrected chi connectivity index (χ0v) is 17.3. The Morgan fingerprint density at radius 2 is 1.77 bits per heavy atom. The van der Waals surface area contributed by atoms with Gasteiger partial charge in [0.15, 0.2) is 17.7 Å². The highest BCUT2D eigenvalue weighted by atomic mass is 35.5. The van der Waals surface area contributed by atoms with E-state index in [9.17, 15) is 22.0 Å². The van der Waals surface area contributed by atoms with Crippen LogP contribution in [0.25, 0.3) is 0 Å². The average molecular weight is 465 g/mol. The van der Waals surface area contributed by atoms with Gasteiger partial charge in [-0.15, -0.1) is 0 Å². The molecule has 31 heavy (non-hydrogen) atoms. The van der Waals surface area contributed by atoms with E-state index in [2.05, 4.69) is 5.32 Å². The van der Waals surface area contributed by atoms with Gasteiger partial charge in [0, 0.05) is 16.8 Å². The minimum Gasteiger partial charge on any atom is -0.476 e. The summed E-state index contributed by atoms with van der Waals surface area (Å²) < 4.78 is 59.9. The predicted molar refractivity (Wildman–Crippen MR) is 112 cm³/mol. The molecule has 1 N–H and O–H groups in total. The Labute approximate surface area is 182 Å². The number of hydrogen-bond donors (Lipinski definition) is 1. The highest BCUT2D eigenvalue weighted by Crippen LogP contribution is 2.39. The lowest BCUT2D eigenvalue weighted by Gasteiger charge is -2.34. The Hall–Kier alpha value is -3.17. The number of fused-ring (bicyclic) bond motifs is 1. The Bertz CT molecular complexity index is 1260. The molecule has 0 aliphatic carbocycles. The first-order chi connectivity index (χ1) is 14.8. The summed E-state index contributed by atoms with van der Waals surface area (Å²) in [4.78, 5) is 12.8. The molecule has 3 aromatic carbocycles. The summed E-state index contributed by atoms with van der Waals surface area (Å²) in [7, 11) is -4.04. The van der Waals surface area contributed by atoms with Crippen LogP contribution in [0.5, 0.6) is 5.75 Å². The lowest BCUT2D eigenvalue weighted by Crippen LogP contribution is -2.48. The second kappa shape index (κ2) is 8.16. The number of nitrogens with one attached hydrogen (secondary N) is 1. The highest BCUT2D eigenvalue weighted by molar-refractivity contribution is 7.92. The molecule has 6 nitrogen and oxygen atoms in total. The lowest BCUT2D eigenvalue weighted by molar-refractivity contribution is -0.122. The molecule has 0 unspecified atom stereocenters. The van der Waals surface area contributed by atoms with Crippen LogP contribution >= 0.6 is 11.6 Å². The number of halogens is 3. The monoisotopic (exact) mass is 464 g/mol. The summed E-state index contributed by atoms with van der Waals surface area (Å²) in [6.07, 6.45) is -1.25. The number of carbonyl (C=O) groups is 1. The molecular weight excluding hydrogens is 450 g/mol. The van der Waals surface area contributed by atoms with Crippen LogP contribution in [0.3, 0.4) is 0 Å². The van der Waals surface area contributed by atoms with Gasteiger partial charge in [-0.2, -0.15) is 0 Å². The maximum absolute atomic E-state index is 13.5. The van der Waals surface area contributed by atoms with Gasteiger partial charge in [0.1, 0.15) is 5.75 Å². The number of rotatable bonds is 4. The molecule has 0 saturated carbocycles. The van der Waals surface area contributed by atoms with Gasteiger partial charge in [-0.3, -0.25) is 9.10 Å². The molecule has 0 aromatic heterocycles.